The average Bonchev–Trinajstić information content (AvgIpc) is 2.76. The molecular weight excluding hydrogens is 388 g/mol. The third-order valence-electron chi connectivity index (χ3n) is 5.29. The van der Waals surface area contributed by atoms with Crippen LogP contribution in [0, 0.1) is 0 Å². The SMILES string of the molecule is CCOC(=O)c1ccc(S(=O)(=O)N2CCN(C(CC)c3ccccc3)CC2)cc1. The molecule has 1 fully saturated rings. The summed E-state index contributed by atoms with van der Waals surface area (Å²) in [5.74, 6) is -0.448. The molecule has 156 valence electrons. The summed E-state index contributed by atoms with van der Waals surface area (Å²) in [4.78, 5) is 14.3. The van der Waals surface area contributed by atoms with Crippen LogP contribution in [0.15, 0.2) is 59.5 Å². The van der Waals surface area contributed by atoms with E-state index in [0.717, 1.165) is 6.42 Å². The van der Waals surface area contributed by atoms with Crippen LogP contribution < -0.4 is 0 Å². The summed E-state index contributed by atoms with van der Waals surface area (Å²) in [6, 6.07) is 16.6. The molecule has 0 radical (unpaired) electrons. The molecule has 2 aromatic carbocycles. The average molecular weight is 417 g/mol. The second-order valence-corrected chi connectivity index (χ2v) is 8.96. The number of piperazine rings is 1. The van der Waals surface area contributed by atoms with E-state index in [9.17, 15) is 13.2 Å². The molecule has 1 atom stereocenters. The van der Waals surface area contributed by atoms with Gasteiger partial charge >= 0.3 is 5.97 Å². The molecule has 2 aromatic rings. The Labute approximate surface area is 173 Å². The number of nitrogens with zero attached hydrogens (tertiary/aromatic N) is 2. The Balaban J connectivity index is 1.67. The van der Waals surface area contributed by atoms with Crippen molar-refractivity contribution < 1.29 is 17.9 Å². The van der Waals surface area contributed by atoms with Crippen molar-refractivity contribution in [2.75, 3.05) is 32.8 Å². The van der Waals surface area contributed by atoms with Crippen LogP contribution in [-0.4, -0.2) is 56.4 Å². The first-order valence-corrected chi connectivity index (χ1v) is 11.5. The van der Waals surface area contributed by atoms with Gasteiger partial charge in [0, 0.05) is 32.2 Å². The highest BCUT2D eigenvalue weighted by molar-refractivity contribution is 7.89. The van der Waals surface area contributed by atoms with Gasteiger partial charge in [-0.25, -0.2) is 13.2 Å². The van der Waals surface area contributed by atoms with Gasteiger partial charge in [-0.2, -0.15) is 4.31 Å². The molecule has 1 heterocycles. The lowest BCUT2D eigenvalue weighted by Gasteiger charge is -2.38. The van der Waals surface area contributed by atoms with Crippen LogP contribution in [0.1, 0.15) is 42.2 Å². The van der Waals surface area contributed by atoms with Crippen LogP contribution >= 0.6 is 0 Å². The predicted molar refractivity (Wildman–Crippen MR) is 112 cm³/mol. The predicted octanol–water partition coefficient (Wildman–Crippen LogP) is 3.32. The molecule has 29 heavy (non-hydrogen) atoms. The topological polar surface area (TPSA) is 66.9 Å². The zero-order chi connectivity index (χ0) is 20.9. The van der Waals surface area contributed by atoms with Crippen molar-refractivity contribution in [3.63, 3.8) is 0 Å². The number of hydrogen-bond acceptors (Lipinski definition) is 5. The van der Waals surface area contributed by atoms with Gasteiger partial charge in [-0.1, -0.05) is 37.3 Å². The molecule has 0 bridgehead atoms. The van der Waals surface area contributed by atoms with Crippen molar-refractivity contribution in [1.29, 1.82) is 0 Å². The van der Waals surface area contributed by atoms with E-state index in [4.69, 9.17) is 4.74 Å². The Morgan fingerprint density at radius 1 is 0.966 bits per heavy atom. The fraction of sp³-hybridized carbons (Fsp3) is 0.409. The first-order valence-electron chi connectivity index (χ1n) is 10.0. The van der Waals surface area contributed by atoms with Crippen molar-refractivity contribution in [2.24, 2.45) is 0 Å². The number of sulfonamides is 1. The molecule has 6 nitrogen and oxygen atoms in total. The minimum atomic E-state index is -3.58. The normalized spacial score (nSPS) is 17.0. The third kappa shape index (κ3) is 4.86. The quantitative estimate of drug-likeness (QED) is 0.648. The van der Waals surface area contributed by atoms with Gasteiger partial charge in [0.2, 0.25) is 10.0 Å². The highest BCUT2D eigenvalue weighted by Gasteiger charge is 2.31. The monoisotopic (exact) mass is 416 g/mol. The van der Waals surface area contributed by atoms with Gasteiger partial charge < -0.3 is 4.74 Å². The van der Waals surface area contributed by atoms with Crippen LogP contribution in [0.4, 0.5) is 0 Å². The van der Waals surface area contributed by atoms with Gasteiger partial charge in [0.1, 0.15) is 0 Å². The Bertz CT molecular complexity index is 906. The van der Waals surface area contributed by atoms with Crippen LogP contribution in [-0.2, 0) is 14.8 Å². The maximum absolute atomic E-state index is 13.0. The maximum atomic E-state index is 13.0. The number of hydrogen-bond donors (Lipinski definition) is 0. The zero-order valence-electron chi connectivity index (χ0n) is 17.0. The molecule has 0 saturated carbocycles. The van der Waals surface area contributed by atoms with Gasteiger partial charge in [0.15, 0.2) is 0 Å². The molecule has 3 rings (SSSR count). The molecule has 0 aliphatic carbocycles. The zero-order valence-corrected chi connectivity index (χ0v) is 17.8. The molecule has 0 N–H and O–H groups in total. The summed E-state index contributed by atoms with van der Waals surface area (Å²) in [6.07, 6.45) is 0.978. The highest BCUT2D eigenvalue weighted by atomic mass is 32.2. The lowest BCUT2D eigenvalue weighted by atomic mass is 10.0. The van der Waals surface area contributed by atoms with Crippen LogP contribution in [0.2, 0.25) is 0 Å². The summed E-state index contributed by atoms with van der Waals surface area (Å²) in [5, 5.41) is 0. The molecule has 1 aliphatic rings. The number of rotatable bonds is 7. The van der Waals surface area contributed by atoms with E-state index in [-0.39, 0.29) is 11.5 Å². The molecule has 1 aliphatic heterocycles. The number of ether oxygens (including phenoxy) is 1. The van der Waals surface area contributed by atoms with E-state index in [2.05, 4.69) is 24.0 Å². The second kappa shape index (κ2) is 9.52. The van der Waals surface area contributed by atoms with E-state index in [1.807, 2.05) is 18.2 Å². The second-order valence-electron chi connectivity index (χ2n) is 7.02. The van der Waals surface area contributed by atoms with Crippen LogP contribution in [0.5, 0.6) is 0 Å². The van der Waals surface area contributed by atoms with E-state index in [0.29, 0.717) is 37.8 Å². The van der Waals surface area contributed by atoms with Gasteiger partial charge in [-0.05, 0) is 43.2 Å². The Morgan fingerprint density at radius 2 is 1.59 bits per heavy atom. The van der Waals surface area contributed by atoms with Gasteiger partial charge in [0.05, 0.1) is 17.1 Å². The van der Waals surface area contributed by atoms with Gasteiger partial charge in [-0.3, -0.25) is 4.90 Å². The summed E-state index contributed by atoms with van der Waals surface area (Å²) in [7, 11) is -3.58. The maximum Gasteiger partial charge on any atom is 0.338 e. The largest absolute Gasteiger partial charge is 0.462 e. The minimum Gasteiger partial charge on any atom is -0.462 e. The number of carbonyl (C=O) groups is 1. The lowest BCUT2D eigenvalue weighted by Crippen LogP contribution is -2.49. The summed E-state index contributed by atoms with van der Waals surface area (Å²) < 4.78 is 32.5. The molecule has 1 saturated heterocycles. The summed E-state index contributed by atoms with van der Waals surface area (Å²) >= 11 is 0. The number of esters is 1. The smallest absolute Gasteiger partial charge is 0.338 e. The Kier molecular flexibility index (Phi) is 7.05. The molecular formula is C22H28N2O4S. The molecule has 7 heteroatoms. The van der Waals surface area contributed by atoms with E-state index in [1.165, 1.54) is 34.1 Å². The van der Waals surface area contributed by atoms with Gasteiger partial charge in [0.25, 0.3) is 0 Å². The first kappa shape index (κ1) is 21.5. The fourth-order valence-corrected chi connectivity index (χ4v) is 5.18. The van der Waals surface area contributed by atoms with Crippen molar-refractivity contribution in [1.82, 2.24) is 9.21 Å². The molecule has 1 unspecified atom stereocenters. The number of carbonyl (C=O) groups excluding carboxylic acids is 1. The Hall–Kier alpha value is -2.22. The molecule has 0 spiro atoms. The van der Waals surface area contributed by atoms with Crippen LogP contribution in [0.3, 0.4) is 0 Å². The standard InChI is InChI=1S/C22H28N2O4S/c1-3-21(18-8-6-5-7-9-18)23-14-16-24(17-15-23)29(26,27)20-12-10-19(11-13-20)22(25)28-4-2/h5-13,21H,3-4,14-17H2,1-2H3. The Morgan fingerprint density at radius 3 is 2.14 bits per heavy atom. The fourth-order valence-electron chi connectivity index (χ4n) is 3.76. The third-order valence-corrected chi connectivity index (χ3v) is 7.20. The van der Waals surface area contributed by atoms with E-state index < -0.39 is 16.0 Å². The van der Waals surface area contributed by atoms with Gasteiger partial charge in [-0.15, -0.1) is 0 Å². The molecule has 0 amide bonds. The summed E-state index contributed by atoms with van der Waals surface area (Å²) in [6.45, 7) is 6.45. The summed E-state index contributed by atoms with van der Waals surface area (Å²) in [5.41, 5.74) is 1.62. The number of benzene rings is 2. The first-order chi connectivity index (χ1) is 14.0. The van der Waals surface area contributed by atoms with Crippen molar-refractivity contribution in [3.8, 4) is 0 Å². The van der Waals surface area contributed by atoms with Crippen molar-refractivity contribution in [2.45, 2.75) is 31.2 Å². The van der Waals surface area contributed by atoms with Crippen molar-refractivity contribution in [3.05, 3.63) is 65.7 Å². The lowest BCUT2D eigenvalue weighted by molar-refractivity contribution is 0.0526. The van der Waals surface area contributed by atoms with Crippen molar-refractivity contribution >= 4 is 16.0 Å². The highest BCUT2D eigenvalue weighted by Crippen LogP contribution is 2.27. The van der Waals surface area contributed by atoms with E-state index in [1.54, 1.807) is 6.92 Å². The van der Waals surface area contributed by atoms with E-state index >= 15 is 0 Å². The van der Waals surface area contributed by atoms with Crippen LogP contribution in [0.25, 0.3) is 0 Å². The molecule has 0 aromatic heterocycles. The minimum absolute atomic E-state index is 0.203.